The lowest BCUT2D eigenvalue weighted by Gasteiger charge is -2.09. The number of hydrogen-bond donors (Lipinski definition) is 2. The molecule has 14 nitrogen and oxygen atoms in total. The molecule has 4 aromatic carbocycles. The number of sulfone groups is 2. The van der Waals surface area contributed by atoms with Gasteiger partial charge in [-0.3, -0.25) is 9.97 Å². The number of aromatic nitrogens is 6. The Bertz CT molecular complexity index is 3110. The Morgan fingerprint density at radius 2 is 1.00 bits per heavy atom. The van der Waals surface area contributed by atoms with Crippen molar-refractivity contribution >= 4 is 31.3 Å². The second kappa shape index (κ2) is 20.8. The van der Waals surface area contributed by atoms with E-state index in [0.29, 0.717) is 79.8 Å². The Labute approximate surface area is 406 Å². The third-order valence-corrected chi connectivity index (χ3v) is 15.6. The third kappa shape index (κ3) is 10.8. The SMILES string of the molecule is CNCc1ccc(-c2cc(-c3nc(-c4ccc(S(=O)(=O)C(C)C)cc4)cnc3C)on2)c(Cl)c1.CNCc1ccc(-c2cc(-c3nc(-c4ccc(S(=O)(=O)C(C)C)cc4)cnc3C)on2)c(F)c1.[HH].[HH].[HH].[HH]. The van der Waals surface area contributed by atoms with Gasteiger partial charge in [-0.15, -0.1) is 0 Å². The summed E-state index contributed by atoms with van der Waals surface area (Å²) in [5.74, 6) is 0.441. The van der Waals surface area contributed by atoms with Gasteiger partial charge in [0.2, 0.25) is 0 Å². The van der Waals surface area contributed by atoms with Crippen LogP contribution in [0, 0.1) is 19.7 Å². The molecule has 2 N–H and O–H groups in total. The van der Waals surface area contributed by atoms with Crippen LogP contribution in [0.5, 0.6) is 0 Å². The largest absolute Gasteiger partial charge is 0.354 e. The molecule has 0 saturated carbocycles. The van der Waals surface area contributed by atoms with Crippen molar-refractivity contribution in [3.8, 4) is 67.9 Å². The van der Waals surface area contributed by atoms with Crippen LogP contribution >= 0.6 is 11.6 Å². The van der Waals surface area contributed by atoms with Crippen molar-refractivity contribution in [2.45, 2.75) is 74.9 Å². The van der Waals surface area contributed by atoms with Crippen molar-refractivity contribution in [2.24, 2.45) is 0 Å². The van der Waals surface area contributed by atoms with Gasteiger partial charge in [-0.05, 0) is 109 Å². The maximum absolute atomic E-state index is 14.6. The highest BCUT2D eigenvalue weighted by Gasteiger charge is 2.22. The highest BCUT2D eigenvalue weighted by Crippen LogP contribution is 2.34. The molecule has 0 amide bonds. The van der Waals surface area contributed by atoms with E-state index >= 15 is 0 Å². The van der Waals surface area contributed by atoms with E-state index in [-0.39, 0.29) is 21.3 Å². The lowest BCUT2D eigenvalue weighted by Crippen LogP contribution is -2.13. The van der Waals surface area contributed by atoms with E-state index < -0.39 is 30.2 Å². The Balaban J connectivity index is 0.000000360. The fraction of sp³-hybridized carbons (Fsp3) is 0.240. The number of halogens is 2. The molecule has 0 atom stereocenters. The molecule has 0 aliphatic heterocycles. The van der Waals surface area contributed by atoms with Crippen LogP contribution < -0.4 is 10.6 Å². The molecule has 0 aliphatic rings. The van der Waals surface area contributed by atoms with Gasteiger partial charge < -0.3 is 19.7 Å². The molecular weight excluding hydrogens is 927 g/mol. The zero-order valence-electron chi connectivity index (χ0n) is 38.7. The molecule has 0 aliphatic carbocycles. The minimum Gasteiger partial charge on any atom is -0.354 e. The van der Waals surface area contributed by atoms with Crippen LogP contribution in [-0.2, 0) is 32.8 Å². The van der Waals surface area contributed by atoms with Crippen molar-refractivity contribution in [2.75, 3.05) is 14.1 Å². The molecule has 8 rings (SSSR count). The molecule has 0 unspecified atom stereocenters. The summed E-state index contributed by atoms with van der Waals surface area (Å²) in [6, 6.07) is 27.4. The average molecular weight is 986 g/mol. The van der Waals surface area contributed by atoms with Gasteiger partial charge >= 0.3 is 0 Å². The van der Waals surface area contributed by atoms with E-state index in [0.717, 1.165) is 28.8 Å². The lowest BCUT2D eigenvalue weighted by atomic mass is 10.1. The Morgan fingerprint density at radius 3 is 1.40 bits per heavy atom. The Morgan fingerprint density at radius 1 is 0.588 bits per heavy atom. The van der Waals surface area contributed by atoms with Gasteiger partial charge in [-0.1, -0.05) is 64.4 Å². The number of benzene rings is 4. The van der Waals surface area contributed by atoms with E-state index in [1.165, 1.54) is 6.07 Å². The van der Waals surface area contributed by atoms with Gasteiger partial charge in [0.15, 0.2) is 31.2 Å². The average Bonchev–Trinajstić information content (AvgIpc) is 4.01. The van der Waals surface area contributed by atoms with Crippen LogP contribution in [-0.4, -0.2) is 71.7 Å². The summed E-state index contributed by atoms with van der Waals surface area (Å²) >= 11 is 6.48. The fourth-order valence-corrected chi connectivity index (χ4v) is 9.43. The molecule has 0 bridgehead atoms. The van der Waals surface area contributed by atoms with Crippen molar-refractivity contribution in [1.82, 2.24) is 40.9 Å². The summed E-state index contributed by atoms with van der Waals surface area (Å²) in [4.78, 5) is 18.8. The molecule has 0 fully saturated rings. The quantitative estimate of drug-likeness (QED) is 0.104. The number of aryl methyl sites for hydroxylation is 2. The van der Waals surface area contributed by atoms with Gasteiger partial charge in [0.25, 0.3) is 0 Å². The topological polar surface area (TPSA) is 196 Å². The van der Waals surface area contributed by atoms with E-state index in [2.05, 4.69) is 35.9 Å². The molecule has 0 saturated heterocycles. The van der Waals surface area contributed by atoms with E-state index in [9.17, 15) is 21.2 Å². The smallest absolute Gasteiger partial charge is 0.187 e. The highest BCUT2D eigenvalue weighted by atomic mass is 35.5. The van der Waals surface area contributed by atoms with Crippen molar-refractivity contribution in [3.63, 3.8) is 0 Å². The van der Waals surface area contributed by atoms with E-state index in [4.69, 9.17) is 25.6 Å². The van der Waals surface area contributed by atoms with Crippen molar-refractivity contribution in [1.29, 1.82) is 0 Å². The first-order chi connectivity index (χ1) is 32.4. The van der Waals surface area contributed by atoms with Crippen LogP contribution in [0.15, 0.2) is 128 Å². The lowest BCUT2D eigenvalue weighted by molar-refractivity contribution is 0.432. The predicted molar refractivity (Wildman–Crippen MR) is 270 cm³/mol. The third-order valence-electron chi connectivity index (χ3n) is 11.0. The minimum absolute atomic E-state index is 0. The molecule has 0 radical (unpaired) electrons. The summed E-state index contributed by atoms with van der Waals surface area (Å²) in [5, 5.41) is 13.9. The molecule has 360 valence electrons. The first kappa shape index (κ1) is 49.4. The molecular formula is C50H58ClFN8O6S2. The summed E-state index contributed by atoms with van der Waals surface area (Å²) in [6.45, 7) is 11.5. The van der Waals surface area contributed by atoms with Gasteiger partial charge in [-0.2, -0.15) is 0 Å². The second-order valence-electron chi connectivity index (χ2n) is 16.5. The number of rotatable bonds is 14. The Kier molecular flexibility index (Phi) is 15.1. The van der Waals surface area contributed by atoms with Gasteiger partial charge in [0, 0.05) is 53.2 Å². The molecule has 18 heteroatoms. The normalized spacial score (nSPS) is 11.8. The van der Waals surface area contributed by atoms with Gasteiger partial charge in [0.1, 0.15) is 28.6 Å². The zero-order chi connectivity index (χ0) is 48.9. The Hall–Kier alpha value is -6.50. The number of nitrogens with one attached hydrogen (secondary N) is 2. The van der Waals surface area contributed by atoms with Crippen LogP contribution in [0.25, 0.3) is 67.9 Å². The number of nitrogens with zero attached hydrogens (tertiary/aromatic N) is 6. The van der Waals surface area contributed by atoms with Crippen LogP contribution in [0.4, 0.5) is 4.39 Å². The molecule has 68 heavy (non-hydrogen) atoms. The van der Waals surface area contributed by atoms with E-state index in [1.54, 1.807) is 121 Å². The van der Waals surface area contributed by atoms with Crippen LogP contribution in [0.3, 0.4) is 0 Å². The molecule has 4 heterocycles. The maximum atomic E-state index is 14.6. The minimum atomic E-state index is -3.36. The van der Waals surface area contributed by atoms with Crippen LogP contribution in [0.2, 0.25) is 5.02 Å². The van der Waals surface area contributed by atoms with Crippen LogP contribution in [0.1, 0.15) is 55.9 Å². The van der Waals surface area contributed by atoms with Gasteiger partial charge in [-0.25, -0.2) is 31.2 Å². The summed E-state index contributed by atoms with van der Waals surface area (Å²) < 4.78 is 75.3. The molecule has 0 spiro atoms. The van der Waals surface area contributed by atoms with Crippen molar-refractivity contribution < 1.29 is 36.0 Å². The molecule has 4 aromatic heterocycles. The maximum Gasteiger partial charge on any atom is 0.187 e. The highest BCUT2D eigenvalue weighted by molar-refractivity contribution is 7.92. The molecule has 8 aromatic rings. The summed E-state index contributed by atoms with van der Waals surface area (Å²) in [6.07, 6.45) is 3.27. The first-order valence-corrected chi connectivity index (χ1v) is 25.0. The number of hydrogen-bond acceptors (Lipinski definition) is 14. The zero-order valence-corrected chi connectivity index (χ0v) is 41.1. The summed E-state index contributed by atoms with van der Waals surface area (Å²) in [7, 11) is -3.02. The fourth-order valence-electron chi connectivity index (χ4n) is 7.01. The van der Waals surface area contributed by atoms with E-state index in [1.807, 2.05) is 38.2 Å². The summed E-state index contributed by atoms with van der Waals surface area (Å²) in [5.41, 5.74) is 8.90. The van der Waals surface area contributed by atoms with Crippen molar-refractivity contribution in [3.05, 3.63) is 143 Å². The second-order valence-corrected chi connectivity index (χ2v) is 21.9. The predicted octanol–water partition coefficient (Wildman–Crippen LogP) is 11.1. The standard InChI is InChI=1S/C25H25ClN4O3S.C25H25FN4O3S.4H2/c2*1-15(2)34(31,32)19-8-6-18(7-9-19)23-14-28-16(3)25(29-23)24-12-22(30-33-24)20-10-5-17(13-27-4)11-21(20)26;;;;/h2*5-12,14-15,27H,13H2,1-4H3;4*1H. The van der Waals surface area contributed by atoms with Gasteiger partial charge in [0.05, 0.1) is 60.5 Å². The first-order valence-electron chi connectivity index (χ1n) is 21.6. The monoisotopic (exact) mass is 984 g/mol.